The predicted molar refractivity (Wildman–Crippen MR) is 132 cm³/mol. The fourth-order valence-electron chi connectivity index (χ4n) is 6.56. The molecule has 0 aromatic heterocycles. The Bertz CT molecular complexity index is 594. The van der Waals surface area contributed by atoms with Crippen LogP contribution in [0.2, 0.25) is 0 Å². The highest BCUT2D eigenvalue weighted by molar-refractivity contribution is 5.78. The van der Waals surface area contributed by atoms with Crippen molar-refractivity contribution in [1.29, 1.82) is 0 Å². The van der Waals surface area contributed by atoms with Crippen molar-refractivity contribution in [2.75, 3.05) is 52.4 Å². The van der Waals surface area contributed by atoms with E-state index in [9.17, 15) is 0 Å². The van der Waals surface area contributed by atoms with E-state index >= 15 is 0 Å². The van der Waals surface area contributed by atoms with Gasteiger partial charge < -0.3 is 0 Å². The summed E-state index contributed by atoms with van der Waals surface area (Å²) in [5.74, 6) is 3.38. The summed E-state index contributed by atoms with van der Waals surface area (Å²) in [5, 5.41) is 0. The maximum absolute atomic E-state index is 2.76. The van der Waals surface area contributed by atoms with Gasteiger partial charge in [-0.25, -0.2) is 0 Å². The summed E-state index contributed by atoms with van der Waals surface area (Å²) in [6.07, 6.45) is 19.3. The highest BCUT2D eigenvalue weighted by atomic mass is 15.3. The Kier molecular flexibility index (Phi) is 8.34. The molecule has 176 valence electrons. The molecule has 4 rings (SSSR count). The molecule has 0 saturated carbocycles. The first-order valence-corrected chi connectivity index (χ1v) is 13.8. The lowest BCUT2D eigenvalue weighted by Crippen LogP contribution is -2.44. The third-order valence-electron chi connectivity index (χ3n) is 8.39. The Hall–Kier alpha value is -1.06. The van der Waals surface area contributed by atoms with Crippen molar-refractivity contribution in [3.63, 3.8) is 0 Å². The van der Waals surface area contributed by atoms with Crippen LogP contribution in [0, 0.1) is 5.41 Å². The third kappa shape index (κ3) is 6.48. The second-order valence-electron chi connectivity index (χ2n) is 11.5. The average molecular weight is 431 g/mol. The van der Waals surface area contributed by atoms with Crippen LogP contribution in [0.15, 0.2) is 0 Å². The zero-order valence-corrected chi connectivity index (χ0v) is 20.8. The molecule has 0 spiro atoms. The molecule has 0 amide bonds. The summed E-state index contributed by atoms with van der Waals surface area (Å²) < 4.78 is 5.43. The van der Waals surface area contributed by atoms with Gasteiger partial charge >= 0.3 is 0 Å². The fourth-order valence-corrected chi connectivity index (χ4v) is 6.56. The van der Waals surface area contributed by atoms with E-state index in [1.54, 1.807) is 11.7 Å². The Labute approximate surface area is 192 Å². The van der Waals surface area contributed by atoms with E-state index in [-0.39, 0.29) is 0 Å². The van der Waals surface area contributed by atoms with Gasteiger partial charge in [0.1, 0.15) is 0 Å². The normalized spacial score (nSPS) is 23.4. The van der Waals surface area contributed by atoms with Crippen LogP contribution < -0.4 is 0 Å². The Morgan fingerprint density at radius 2 is 1.06 bits per heavy atom. The van der Waals surface area contributed by atoms with E-state index in [2.05, 4.69) is 32.8 Å². The average Bonchev–Trinajstić information content (AvgIpc) is 3.15. The molecule has 4 nitrogen and oxygen atoms in total. The Balaban J connectivity index is 1.21. The first kappa shape index (κ1) is 23.1. The molecule has 0 bridgehead atoms. The molecular weight excluding hydrogens is 380 g/mol. The standard InChI is InChI=1S/C27H50N4/c1-27(2,15-9-19-30-23-11-21-28-17-7-3-5-13-25(28)30)16-10-20-31-24-12-22-29-18-8-4-6-14-26(29)31/h3-24H2,1-2H3/q+2. The van der Waals surface area contributed by atoms with Crippen LogP contribution in [0.4, 0.5) is 0 Å². The fraction of sp³-hybridized carbons (Fsp3) is 0.926. The topological polar surface area (TPSA) is 12.5 Å². The Morgan fingerprint density at radius 3 is 1.55 bits per heavy atom. The van der Waals surface area contributed by atoms with Gasteiger partial charge in [-0.2, -0.15) is 0 Å². The molecule has 4 heteroatoms. The maximum atomic E-state index is 2.76. The lowest BCUT2D eigenvalue weighted by molar-refractivity contribution is -0.539. The van der Waals surface area contributed by atoms with Crippen molar-refractivity contribution in [2.24, 2.45) is 5.41 Å². The first-order valence-electron chi connectivity index (χ1n) is 13.8. The lowest BCUT2D eigenvalue weighted by Gasteiger charge is -2.30. The molecule has 0 aromatic carbocycles. The Morgan fingerprint density at radius 1 is 0.613 bits per heavy atom. The smallest absolute Gasteiger partial charge is 0.246 e. The highest BCUT2D eigenvalue weighted by Gasteiger charge is 2.30. The van der Waals surface area contributed by atoms with Crippen molar-refractivity contribution in [3.05, 3.63) is 0 Å². The number of nitrogens with zero attached hydrogens (tertiary/aromatic N) is 4. The second kappa shape index (κ2) is 11.2. The van der Waals surface area contributed by atoms with Crippen molar-refractivity contribution < 1.29 is 9.15 Å². The molecule has 0 N–H and O–H groups in total. The van der Waals surface area contributed by atoms with Crippen LogP contribution in [0.25, 0.3) is 0 Å². The number of amidine groups is 2. The van der Waals surface area contributed by atoms with E-state index in [1.807, 2.05) is 0 Å². The third-order valence-corrected chi connectivity index (χ3v) is 8.39. The SMILES string of the molecule is CC(C)(CCCN1CCC[N+]2=C1CCCCC2)CCCN1CCC[N+]2=C1CCCCC2. The van der Waals surface area contributed by atoms with Crippen molar-refractivity contribution in [1.82, 2.24) is 9.80 Å². The van der Waals surface area contributed by atoms with Crippen LogP contribution >= 0.6 is 0 Å². The van der Waals surface area contributed by atoms with E-state index < -0.39 is 0 Å². The zero-order chi connectivity index (χ0) is 21.5. The summed E-state index contributed by atoms with van der Waals surface area (Å²) in [5.41, 5.74) is 0.479. The summed E-state index contributed by atoms with van der Waals surface area (Å²) in [6, 6.07) is 0. The number of rotatable bonds is 8. The van der Waals surface area contributed by atoms with Gasteiger partial charge in [0.05, 0.1) is 52.4 Å². The van der Waals surface area contributed by atoms with Gasteiger partial charge in [-0.05, 0) is 69.6 Å². The first-order chi connectivity index (χ1) is 15.1. The monoisotopic (exact) mass is 430 g/mol. The molecule has 0 aromatic rings. The lowest BCUT2D eigenvalue weighted by atomic mass is 9.83. The zero-order valence-electron chi connectivity index (χ0n) is 20.8. The molecule has 0 atom stereocenters. The van der Waals surface area contributed by atoms with E-state index in [0.29, 0.717) is 5.41 Å². The molecule has 4 aliphatic heterocycles. The minimum Gasteiger partial charge on any atom is -0.266 e. The minimum absolute atomic E-state index is 0.479. The molecule has 0 unspecified atom stereocenters. The number of hydrogen-bond acceptors (Lipinski definition) is 2. The van der Waals surface area contributed by atoms with Crippen LogP contribution in [0.3, 0.4) is 0 Å². The second-order valence-corrected chi connectivity index (χ2v) is 11.5. The quantitative estimate of drug-likeness (QED) is 0.505. The van der Waals surface area contributed by atoms with Gasteiger partial charge in [0.25, 0.3) is 0 Å². The van der Waals surface area contributed by atoms with Crippen LogP contribution in [0.1, 0.15) is 104 Å². The summed E-state index contributed by atoms with van der Waals surface area (Å²) in [7, 11) is 0. The molecule has 0 aliphatic carbocycles. The van der Waals surface area contributed by atoms with Gasteiger partial charge in [0.15, 0.2) is 0 Å². The van der Waals surface area contributed by atoms with Crippen molar-refractivity contribution in [3.8, 4) is 0 Å². The van der Waals surface area contributed by atoms with Gasteiger partial charge in [0.2, 0.25) is 11.7 Å². The van der Waals surface area contributed by atoms with Gasteiger partial charge in [0, 0.05) is 25.7 Å². The number of hydrogen-bond donors (Lipinski definition) is 0. The minimum atomic E-state index is 0.479. The van der Waals surface area contributed by atoms with Crippen molar-refractivity contribution in [2.45, 2.75) is 104 Å². The molecule has 4 heterocycles. The van der Waals surface area contributed by atoms with E-state index in [0.717, 1.165) is 0 Å². The molecule has 0 fully saturated rings. The molecule has 31 heavy (non-hydrogen) atoms. The highest BCUT2D eigenvalue weighted by Crippen LogP contribution is 2.29. The van der Waals surface area contributed by atoms with E-state index in [4.69, 9.17) is 0 Å². The van der Waals surface area contributed by atoms with Crippen LogP contribution in [-0.2, 0) is 0 Å². The summed E-state index contributed by atoms with van der Waals surface area (Å²) >= 11 is 0. The predicted octanol–water partition coefficient (Wildman–Crippen LogP) is 4.95. The van der Waals surface area contributed by atoms with Crippen molar-refractivity contribution >= 4 is 11.7 Å². The van der Waals surface area contributed by atoms with Crippen LogP contribution in [0.5, 0.6) is 0 Å². The van der Waals surface area contributed by atoms with Crippen LogP contribution in [-0.4, -0.2) is 83.0 Å². The maximum Gasteiger partial charge on any atom is 0.246 e. The van der Waals surface area contributed by atoms with E-state index in [1.165, 1.54) is 142 Å². The molecule has 0 radical (unpaired) electrons. The largest absolute Gasteiger partial charge is 0.266 e. The molecular formula is C27H50N4+2. The molecule has 4 aliphatic rings. The molecule has 0 saturated heterocycles. The van der Waals surface area contributed by atoms with Gasteiger partial charge in [-0.3, -0.25) is 19.0 Å². The van der Waals surface area contributed by atoms with Gasteiger partial charge in [-0.15, -0.1) is 0 Å². The summed E-state index contributed by atoms with van der Waals surface area (Å²) in [6.45, 7) is 15.5. The summed E-state index contributed by atoms with van der Waals surface area (Å²) in [4.78, 5) is 5.52. The van der Waals surface area contributed by atoms with Gasteiger partial charge in [-0.1, -0.05) is 13.8 Å².